The van der Waals surface area contributed by atoms with Crippen LogP contribution in [-0.2, 0) is 19.4 Å². The molecule has 0 saturated carbocycles. The molecule has 1 unspecified atom stereocenters. The summed E-state index contributed by atoms with van der Waals surface area (Å²) in [6.07, 6.45) is 0.0253. The Morgan fingerprint density at radius 3 is 1.93 bits per heavy atom. The second kappa shape index (κ2) is 9.47. The highest BCUT2D eigenvalue weighted by Gasteiger charge is 2.33. The number of benzene rings is 2. The minimum atomic E-state index is -4.02. The third kappa shape index (κ3) is 6.25. The molecule has 0 saturated heterocycles. The summed E-state index contributed by atoms with van der Waals surface area (Å²) in [4.78, 5) is 36.0. The molecule has 154 valence electrons. The van der Waals surface area contributed by atoms with Crippen LogP contribution < -0.4 is 10.6 Å². The molecule has 0 aromatic heterocycles. The van der Waals surface area contributed by atoms with Gasteiger partial charge in [-0.25, -0.2) is 8.42 Å². The van der Waals surface area contributed by atoms with Gasteiger partial charge in [0.1, 0.15) is 11.0 Å². The first-order valence-corrected chi connectivity index (χ1v) is 10.8. The van der Waals surface area contributed by atoms with Crippen LogP contribution in [0.15, 0.2) is 48.5 Å². The van der Waals surface area contributed by atoms with Gasteiger partial charge in [0, 0.05) is 16.9 Å². The van der Waals surface area contributed by atoms with Crippen molar-refractivity contribution < 1.29 is 22.8 Å². The molecule has 7 nitrogen and oxygen atoms in total. The maximum atomic E-state index is 12.6. The number of amides is 2. The molecule has 0 heterocycles. The van der Waals surface area contributed by atoms with Crippen LogP contribution in [0.2, 0.25) is 0 Å². The second-order valence-electron chi connectivity index (χ2n) is 6.74. The molecule has 2 aromatic rings. The lowest BCUT2D eigenvalue weighted by molar-refractivity contribution is -0.115. The van der Waals surface area contributed by atoms with Crippen molar-refractivity contribution in [1.29, 1.82) is 0 Å². The molecule has 0 fully saturated rings. The van der Waals surface area contributed by atoms with Gasteiger partial charge in [0.05, 0.1) is 0 Å². The Morgan fingerprint density at radius 1 is 0.897 bits per heavy atom. The lowest BCUT2D eigenvalue weighted by Crippen LogP contribution is -2.39. The monoisotopic (exact) mass is 416 g/mol. The largest absolute Gasteiger partial charge is 0.325 e. The predicted molar refractivity (Wildman–Crippen MR) is 113 cm³/mol. The third-order valence-electron chi connectivity index (χ3n) is 4.32. The smallest absolute Gasteiger partial charge is 0.242 e. The summed E-state index contributed by atoms with van der Waals surface area (Å²) in [5.74, 6) is -2.33. The number of Topliss-reactive ketones (excluding diaryl/α,β-unsaturated/α-hetero) is 1. The Bertz CT molecular complexity index is 996. The summed E-state index contributed by atoms with van der Waals surface area (Å²) in [7, 11) is -4.02. The van der Waals surface area contributed by atoms with Gasteiger partial charge >= 0.3 is 0 Å². The number of anilines is 2. The van der Waals surface area contributed by atoms with E-state index in [0.717, 1.165) is 5.56 Å². The van der Waals surface area contributed by atoms with Crippen molar-refractivity contribution in [2.75, 3.05) is 16.4 Å². The van der Waals surface area contributed by atoms with Gasteiger partial charge in [0.15, 0.2) is 15.6 Å². The highest BCUT2D eigenvalue weighted by atomic mass is 32.2. The number of carbonyl (C=O) groups excluding carboxylic acids is 3. The van der Waals surface area contributed by atoms with Crippen LogP contribution in [0.25, 0.3) is 0 Å². The van der Waals surface area contributed by atoms with Gasteiger partial charge < -0.3 is 10.6 Å². The van der Waals surface area contributed by atoms with Crippen molar-refractivity contribution in [1.82, 2.24) is 0 Å². The summed E-state index contributed by atoms with van der Waals surface area (Å²) in [5, 5.41) is 3.70. The maximum absolute atomic E-state index is 12.6. The molecule has 0 aliphatic carbocycles. The topological polar surface area (TPSA) is 109 Å². The number of sulfone groups is 1. The third-order valence-corrected chi connectivity index (χ3v) is 6.40. The van der Waals surface area contributed by atoms with Gasteiger partial charge in [0.2, 0.25) is 11.8 Å². The lowest BCUT2D eigenvalue weighted by atomic mass is 10.1. The van der Waals surface area contributed by atoms with Crippen LogP contribution >= 0.6 is 0 Å². The summed E-state index contributed by atoms with van der Waals surface area (Å²) in [6, 6.07) is 13.1. The molecule has 0 spiro atoms. The highest BCUT2D eigenvalue weighted by molar-refractivity contribution is 7.93. The van der Waals surface area contributed by atoms with E-state index < -0.39 is 32.7 Å². The van der Waals surface area contributed by atoms with E-state index in [0.29, 0.717) is 16.9 Å². The molecule has 1 atom stereocenters. The summed E-state index contributed by atoms with van der Waals surface area (Å²) in [5.41, 5.74) is 2.35. The zero-order valence-electron chi connectivity index (χ0n) is 16.6. The molecule has 0 bridgehead atoms. The van der Waals surface area contributed by atoms with Crippen LogP contribution in [0.5, 0.6) is 0 Å². The maximum Gasteiger partial charge on any atom is 0.242 e. The van der Waals surface area contributed by atoms with Crippen molar-refractivity contribution in [3.05, 3.63) is 59.7 Å². The Labute approximate surface area is 170 Å². The first kappa shape index (κ1) is 22.3. The zero-order chi connectivity index (χ0) is 21.6. The number of hydrogen-bond acceptors (Lipinski definition) is 5. The van der Waals surface area contributed by atoms with E-state index in [9.17, 15) is 22.8 Å². The van der Waals surface area contributed by atoms with E-state index >= 15 is 0 Å². The Hall–Kier alpha value is -3.00. The van der Waals surface area contributed by atoms with E-state index in [2.05, 4.69) is 10.6 Å². The van der Waals surface area contributed by atoms with Crippen molar-refractivity contribution in [2.24, 2.45) is 0 Å². The Kier molecular flexibility index (Phi) is 7.28. The van der Waals surface area contributed by atoms with Crippen LogP contribution in [0.1, 0.15) is 36.2 Å². The van der Waals surface area contributed by atoms with Crippen LogP contribution in [0.4, 0.5) is 11.4 Å². The second-order valence-corrected chi connectivity index (χ2v) is 8.92. The van der Waals surface area contributed by atoms with Crippen LogP contribution in [0.3, 0.4) is 0 Å². The van der Waals surface area contributed by atoms with Crippen molar-refractivity contribution in [2.45, 2.75) is 32.4 Å². The molecule has 2 amide bonds. The minimum absolute atomic E-state index is 0.0253. The fourth-order valence-electron chi connectivity index (χ4n) is 2.73. The van der Waals surface area contributed by atoms with E-state index in [1.54, 1.807) is 43.3 Å². The number of ketones is 1. The van der Waals surface area contributed by atoms with Crippen molar-refractivity contribution in [3.8, 4) is 0 Å². The number of nitrogens with one attached hydrogen (secondary N) is 2. The van der Waals surface area contributed by atoms with Gasteiger partial charge in [0.25, 0.3) is 0 Å². The summed E-state index contributed by atoms with van der Waals surface area (Å²) < 4.78 is 25.3. The Balaban J connectivity index is 2.05. The van der Waals surface area contributed by atoms with Gasteiger partial charge in [-0.2, -0.15) is 0 Å². The number of hydrogen-bond donors (Lipinski definition) is 2. The van der Waals surface area contributed by atoms with Crippen LogP contribution in [0, 0.1) is 6.92 Å². The molecule has 0 radical (unpaired) electrons. The molecule has 2 aromatic carbocycles. The SMILES string of the molecule is CCC(C(=O)Nc1ccc(C(C)=O)cc1)S(=O)(=O)CC(=O)Nc1ccc(C)cc1. The number of aryl methyl sites for hydroxylation is 1. The Morgan fingerprint density at radius 2 is 1.41 bits per heavy atom. The van der Waals surface area contributed by atoms with Crippen molar-refractivity contribution in [3.63, 3.8) is 0 Å². The lowest BCUT2D eigenvalue weighted by Gasteiger charge is -2.16. The average Bonchev–Trinajstić information content (AvgIpc) is 2.63. The zero-order valence-corrected chi connectivity index (χ0v) is 17.4. The fraction of sp³-hybridized carbons (Fsp3) is 0.286. The number of rotatable bonds is 8. The minimum Gasteiger partial charge on any atom is -0.325 e. The van der Waals surface area contributed by atoms with Crippen molar-refractivity contribution >= 4 is 38.8 Å². The molecular weight excluding hydrogens is 392 g/mol. The van der Waals surface area contributed by atoms with Gasteiger partial charge in [-0.15, -0.1) is 0 Å². The van der Waals surface area contributed by atoms with E-state index in [1.807, 2.05) is 6.92 Å². The first-order valence-electron chi connectivity index (χ1n) is 9.12. The summed E-state index contributed by atoms with van der Waals surface area (Å²) in [6.45, 7) is 4.89. The molecule has 0 aliphatic heterocycles. The molecule has 2 rings (SSSR count). The van der Waals surface area contributed by atoms with E-state index in [-0.39, 0.29) is 12.2 Å². The highest BCUT2D eigenvalue weighted by Crippen LogP contribution is 2.15. The fourth-order valence-corrected chi connectivity index (χ4v) is 4.26. The average molecular weight is 416 g/mol. The molecular formula is C21H24N2O5S. The number of carbonyl (C=O) groups is 3. The molecule has 0 aliphatic rings. The normalized spacial score (nSPS) is 12.1. The predicted octanol–water partition coefficient (Wildman–Crippen LogP) is 2.97. The molecule has 29 heavy (non-hydrogen) atoms. The quantitative estimate of drug-likeness (QED) is 0.643. The summed E-state index contributed by atoms with van der Waals surface area (Å²) >= 11 is 0. The van der Waals surface area contributed by atoms with Gasteiger partial charge in [-0.05, 0) is 56.7 Å². The van der Waals surface area contributed by atoms with E-state index in [1.165, 1.54) is 19.1 Å². The van der Waals surface area contributed by atoms with Gasteiger partial charge in [-0.1, -0.05) is 24.6 Å². The van der Waals surface area contributed by atoms with Gasteiger partial charge in [-0.3, -0.25) is 14.4 Å². The van der Waals surface area contributed by atoms with Crippen LogP contribution in [-0.4, -0.2) is 37.0 Å². The standard InChI is InChI=1S/C21H24N2O5S/c1-4-19(21(26)23-18-11-7-16(8-12-18)15(3)24)29(27,28)13-20(25)22-17-9-5-14(2)6-10-17/h5-12,19H,4,13H2,1-3H3,(H,22,25)(H,23,26). The molecule has 8 heteroatoms. The first-order chi connectivity index (χ1) is 13.6. The van der Waals surface area contributed by atoms with E-state index in [4.69, 9.17) is 0 Å². The molecule has 2 N–H and O–H groups in total.